The van der Waals surface area contributed by atoms with Crippen LogP contribution in [-0.4, -0.2) is 30.6 Å². The second-order valence-corrected chi connectivity index (χ2v) is 8.57. The van der Waals surface area contributed by atoms with Crippen molar-refractivity contribution in [3.05, 3.63) is 91.7 Å². The van der Waals surface area contributed by atoms with Gasteiger partial charge in [-0.2, -0.15) is 9.78 Å². The SMILES string of the molecule is CC(C)c1cc(=O)[nH]c(-n2nc(-c3cccs3)cc2NC(=O)/C=C\c2ccc([N+](=O)[O-])cc2)n1. The molecule has 1 aromatic carbocycles. The summed E-state index contributed by atoms with van der Waals surface area (Å²) in [7, 11) is 0. The molecule has 0 unspecified atom stereocenters. The maximum absolute atomic E-state index is 12.6. The van der Waals surface area contributed by atoms with Gasteiger partial charge in [-0.15, -0.1) is 11.3 Å². The summed E-state index contributed by atoms with van der Waals surface area (Å²) in [5, 5.41) is 20.0. The van der Waals surface area contributed by atoms with Gasteiger partial charge in [0.2, 0.25) is 11.9 Å². The second kappa shape index (κ2) is 9.63. The van der Waals surface area contributed by atoms with E-state index in [1.54, 1.807) is 24.3 Å². The Labute approximate surface area is 197 Å². The lowest BCUT2D eigenvalue weighted by Gasteiger charge is -2.09. The van der Waals surface area contributed by atoms with Crippen LogP contribution in [0.3, 0.4) is 0 Å². The first-order chi connectivity index (χ1) is 16.3. The molecular weight excluding hydrogens is 456 g/mol. The number of hydrogen-bond donors (Lipinski definition) is 2. The van der Waals surface area contributed by atoms with Crippen molar-refractivity contribution in [2.24, 2.45) is 0 Å². The number of benzene rings is 1. The largest absolute Gasteiger partial charge is 0.307 e. The van der Waals surface area contributed by atoms with Gasteiger partial charge in [-0.3, -0.25) is 24.7 Å². The first-order valence-electron chi connectivity index (χ1n) is 10.3. The molecule has 11 heteroatoms. The van der Waals surface area contributed by atoms with E-state index in [4.69, 9.17) is 0 Å². The molecule has 3 heterocycles. The molecule has 0 fully saturated rings. The molecule has 0 aliphatic rings. The van der Waals surface area contributed by atoms with Crippen molar-refractivity contribution < 1.29 is 9.72 Å². The molecular formula is C23H20N6O4S. The summed E-state index contributed by atoms with van der Waals surface area (Å²) in [6.45, 7) is 3.86. The molecule has 0 atom stereocenters. The Bertz CT molecular complexity index is 1420. The molecule has 10 nitrogen and oxygen atoms in total. The molecule has 0 aliphatic heterocycles. The summed E-state index contributed by atoms with van der Waals surface area (Å²) in [5.41, 5.74) is 1.49. The third-order valence-electron chi connectivity index (χ3n) is 4.81. The lowest BCUT2D eigenvalue weighted by atomic mass is 10.1. The van der Waals surface area contributed by atoms with Crippen LogP contribution in [0.5, 0.6) is 0 Å². The van der Waals surface area contributed by atoms with Gasteiger partial charge in [0.1, 0.15) is 11.5 Å². The summed E-state index contributed by atoms with van der Waals surface area (Å²) < 4.78 is 1.39. The minimum absolute atomic E-state index is 0.0241. The number of non-ortho nitro benzene ring substituents is 1. The molecule has 4 aromatic rings. The number of anilines is 1. The molecule has 0 aliphatic carbocycles. The van der Waals surface area contributed by atoms with Crippen LogP contribution >= 0.6 is 11.3 Å². The number of H-pyrrole nitrogens is 1. The van der Waals surface area contributed by atoms with Gasteiger partial charge in [0.15, 0.2) is 0 Å². The second-order valence-electron chi connectivity index (χ2n) is 7.62. The van der Waals surface area contributed by atoms with Crippen molar-refractivity contribution in [1.29, 1.82) is 0 Å². The Kier molecular flexibility index (Phi) is 6.46. The predicted molar refractivity (Wildman–Crippen MR) is 130 cm³/mol. The quantitative estimate of drug-likeness (QED) is 0.231. The van der Waals surface area contributed by atoms with Crippen LogP contribution in [-0.2, 0) is 4.79 Å². The van der Waals surface area contributed by atoms with Crippen LogP contribution in [0, 0.1) is 10.1 Å². The summed E-state index contributed by atoms with van der Waals surface area (Å²) in [6.07, 6.45) is 2.85. The van der Waals surface area contributed by atoms with Crippen molar-refractivity contribution >= 4 is 34.8 Å². The highest BCUT2D eigenvalue weighted by atomic mass is 32.1. The number of hydrogen-bond acceptors (Lipinski definition) is 7. The van der Waals surface area contributed by atoms with Gasteiger partial charge in [-0.1, -0.05) is 19.9 Å². The summed E-state index contributed by atoms with van der Waals surface area (Å²) >= 11 is 1.49. The van der Waals surface area contributed by atoms with Crippen molar-refractivity contribution in [3.8, 4) is 16.5 Å². The molecule has 0 saturated carbocycles. The molecule has 3 aromatic heterocycles. The zero-order valence-electron chi connectivity index (χ0n) is 18.3. The number of nitrogens with one attached hydrogen (secondary N) is 2. The highest BCUT2D eigenvalue weighted by Gasteiger charge is 2.16. The Hall–Kier alpha value is -4.38. The molecule has 4 rings (SSSR count). The van der Waals surface area contributed by atoms with Gasteiger partial charge in [0.05, 0.1) is 15.5 Å². The number of carbonyl (C=O) groups is 1. The van der Waals surface area contributed by atoms with Crippen molar-refractivity contribution in [3.63, 3.8) is 0 Å². The highest BCUT2D eigenvalue weighted by molar-refractivity contribution is 7.13. The van der Waals surface area contributed by atoms with Crippen LogP contribution in [0.1, 0.15) is 31.0 Å². The van der Waals surface area contributed by atoms with Gasteiger partial charge in [0, 0.05) is 30.3 Å². The minimum atomic E-state index is -0.487. The number of nitrogens with zero attached hydrogens (tertiary/aromatic N) is 4. The summed E-state index contributed by atoms with van der Waals surface area (Å²) in [6, 6.07) is 12.8. The van der Waals surface area contributed by atoms with E-state index in [0.717, 1.165) is 4.88 Å². The predicted octanol–water partition coefficient (Wildman–Crippen LogP) is 4.37. The van der Waals surface area contributed by atoms with Crippen molar-refractivity contribution in [2.45, 2.75) is 19.8 Å². The number of amides is 1. The van der Waals surface area contributed by atoms with Crippen LogP contribution in [0.25, 0.3) is 22.6 Å². The maximum Gasteiger partial charge on any atom is 0.269 e. The zero-order chi connectivity index (χ0) is 24.2. The molecule has 0 bridgehead atoms. The molecule has 2 N–H and O–H groups in total. The van der Waals surface area contributed by atoms with Gasteiger partial charge < -0.3 is 5.32 Å². The van der Waals surface area contributed by atoms with Crippen molar-refractivity contribution in [1.82, 2.24) is 19.7 Å². The van der Waals surface area contributed by atoms with E-state index in [2.05, 4.69) is 20.4 Å². The van der Waals surface area contributed by atoms with Crippen LogP contribution in [0.2, 0.25) is 0 Å². The fourth-order valence-electron chi connectivity index (χ4n) is 3.08. The third kappa shape index (κ3) is 5.15. The number of aromatic amines is 1. The maximum atomic E-state index is 12.6. The normalized spacial score (nSPS) is 11.3. The Balaban J connectivity index is 1.65. The lowest BCUT2D eigenvalue weighted by Crippen LogP contribution is -2.18. The van der Waals surface area contributed by atoms with E-state index < -0.39 is 10.8 Å². The fraction of sp³-hybridized carbons (Fsp3) is 0.130. The standard InChI is InChI=1S/C23H20N6O4S/c1-14(2)17-13-22(31)26-23(24-17)28-20(12-18(27-28)19-4-3-11-34-19)25-21(30)10-7-15-5-8-16(9-6-15)29(32)33/h3-14H,1-2H3,(H,25,30)(H,24,26,31)/b10-7-. The molecule has 0 spiro atoms. The molecule has 1 amide bonds. The monoisotopic (exact) mass is 476 g/mol. The average molecular weight is 477 g/mol. The van der Waals surface area contributed by atoms with Crippen LogP contribution in [0.4, 0.5) is 11.5 Å². The van der Waals surface area contributed by atoms with E-state index in [-0.39, 0.29) is 23.1 Å². The first-order valence-corrected chi connectivity index (χ1v) is 11.2. The number of nitro benzene ring substituents is 1. The molecule has 0 saturated heterocycles. The van der Waals surface area contributed by atoms with E-state index in [9.17, 15) is 19.7 Å². The smallest absolute Gasteiger partial charge is 0.269 e. The van der Waals surface area contributed by atoms with E-state index in [0.29, 0.717) is 22.8 Å². The minimum Gasteiger partial charge on any atom is -0.307 e. The number of nitro groups is 1. The average Bonchev–Trinajstić information content (AvgIpc) is 3.48. The third-order valence-corrected chi connectivity index (χ3v) is 5.70. The first kappa shape index (κ1) is 22.8. The molecule has 34 heavy (non-hydrogen) atoms. The molecule has 0 radical (unpaired) electrons. The topological polar surface area (TPSA) is 136 Å². The molecule has 172 valence electrons. The number of carbonyl (C=O) groups excluding carboxylic acids is 1. The van der Waals surface area contributed by atoms with Crippen LogP contribution < -0.4 is 10.9 Å². The Morgan fingerprint density at radius 3 is 2.65 bits per heavy atom. The fourth-order valence-corrected chi connectivity index (χ4v) is 3.76. The van der Waals surface area contributed by atoms with E-state index in [1.807, 2.05) is 31.4 Å². The lowest BCUT2D eigenvalue weighted by molar-refractivity contribution is -0.384. The van der Waals surface area contributed by atoms with Gasteiger partial charge >= 0.3 is 0 Å². The Morgan fingerprint density at radius 2 is 2.00 bits per heavy atom. The zero-order valence-corrected chi connectivity index (χ0v) is 19.1. The van der Waals surface area contributed by atoms with Gasteiger partial charge in [0.25, 0.3) is 11.2 Å². The number of thiophene rings is 1. The summed E-state index contributed by atoms with van der Waals surface area (Å²) in [5.74, 6) is 0.0927. The highest BCUT2D eigenvalue weighted by Crippen LogP contribution is 2.27. The van der Waals surface area contributed by atoms with Gasteiger partial charge in [-0.05, 0) is 41.1 Å². The van der Waals surface area contributed by atoms with Crippen LogP contribution in [0.15, 0.2) is 64.8 Å². The van der Waals surface area contributed by atoms with Gasteiger partial charge in [-0.25, -0.2) is 4.98 Å². The van der Waals surface area contributed by atoms with Crippen molar-refractivity contribution in [2.75, 3.05) is 5.32 Å². The number of aromatic nitrogens is 4. The van der Waals surface area contributed by atoms with E-state index >= 15 is 0 Å². The van der Waals surface area contributed by atoms with E-state index in [1.165, 1.54) is 40.3 Å². The number of rotatable bonds is 7. The Morgan fingerprint density at radius 1 is 1.24 bits per heavy atom. The summed E-state index contributed by atoms with van der Waals surface area (Å²) in [4.78, 5) is 43.2.